The number of aryl methyl sites for hydroxylation is 1. The zero-order valence-corrected chi connectivity index (χ0v) is 93.1. The van der Waals surface area contributed by atoms with Crippen LogP contribution in [0.2, 0.25) is 0 Å². The van der Waals surface area contributed by atoms with Crippen LogP contribution in [0.25, 0.3) is 0 Å². The molecule has 1 saturated carbocycles. The average molecular weight is 2510 g/mol. The molecule has 0 atom stereocenters. The number of nitrogens with two attached hydrogens (primary N) is 4. The van der Waals surface area contributed by atoms with Gasteiger partial charge in [0.25, 0.3) is 45.7 Å². The van der Waals surface area contributed by atoms with E-state index in [1.165, 1.54) is 36.9 Å². The third kappa shape index (κ3) is 45.3. The third-order valence-corrected chi connectivity index (χ3v) is 55.0. The lowest BCUT2D eigenvalue weighted by Gasteiger charge is -2.32. The van der Waals surface area contributed by atoms with Crippen molar-refractivity contribution in [2.24, 2.45) is 28.9 Å². The summed E-state index contributed by atoms with van der Waals surface area (Å²) in [7, 11) is -94.5. The van der Waals surface area contributed by atoms with Crippen molar-refractivity contribution in [3.8, 4) is 0 Å². The summed E-state index contributed by atoms with van der Waals surface area (Å²) in [5, 5.41) is 55.3. The smallest absolute Gasteiger partial charge is 0.368 e. The van der Waals surface area contributed by atoms with Gasteiger partial charge in [-0.25, -0.2) is 9.97 Å². The molecule has 0 bridgehead atoms. The molecule has 5 rings (SSSR count). The van der Waals surface area contributed by atoms with Crippen LogP contribution in [0.5, 0.6) is 0 Å². The van der Waals surface area contributed by atoms with Crippen molar-refractivity contribution in [1.82, 2.24) is 29.0 Å². The fourth-order valence-electron chi connectivity index (χ4n) is 11.7. The first-order valence-corrected chi connectivity index (χ1v) is 69.9. The van der Waals surface area contributed by atoms with Crippen molar-refractivity contribution in [3.63, 3.8) is 0 Å². The topological polar surface area (TPSA) is 1370 Å². The minimum absolute atomic E-state index is 0.0174. The van der Waals surface area contributed by atoms with Crippen LogP contribution in [0.15, 0.2) is 49.4 Å². The molecule has 91 heteroatoms. The van der Waals surface area contributed by atoms with Crippen LogP contribution < -0.4 is 22.9 Å². The summed E-state index contributed by atoms with van der Waals surface area (Å²) in [6.07, 6.45) is 12.4. The van der Waals surface area contributed by atoms with Gasteiger partial charge < -0.3 is 259 Å². The van der Waals surface area contributed by atoms with Crippen LogP contribution in [0.3, 0.4) is 0 Å². The second-order valence-electron chi connectivity index (χ2n) is 32.2. The van der Waals surface area contributed by atoms with E-state index in [2.05, 4.69) is 15.0 Å². The third-order valence-electron chi connectivity index (χ3n) is 20.6. The Morgan fingerprint density at radius 2 is 0.660 bits per heavy atom. The Labute approximate surface area is 834 Å². The maximum atomic E-state index is 11.3. The Bertz CT molecular complexity index is 5200. The summed E-state index contributed by atoms with van der Waals surface area (Å²) >= 11 is 0. The van der Waals surface area contributed by atoms with Crippen molar-refractivity contribution >= 4 is 137 Å². The zero-order valence-electron chi connectivity index (χ0n) is 77.0. The summed E-state index contributed by atoms with van der Waals surface area (Å²) in [5.41, 5.74) is 20.4. The van der Waals surface area contributed by atoms with E-state index in [0.717, 1.165) is 74.9 Å². The minimum Gasteiger partial charge on any atom is -0.368 e. The van der Waals surface area contributed by atoms with Gasteiger partial charge in [-0.05, 0) is 109 Å². The normalized spacial score (nSPS) is 15.4. The molecule has 0 amide bonds. The van der Waals surface area contributed by atoms with E-state index in [9.17, 15) is 123 Å². The van der Waals surface area contributed by atoms with Gasteiger partial charge in [0.2, 0.25) is 0 Å². The number of aromatic nitrogens is 5. The Morgan fingerprint density at radius 1 is 0.333 bits per heavy atom. The second-order valence-corrected chi connectivity index (χ2v) is 68.3. The lowest BCUT2D eigenvalue weighted by Crippen LogP contribution is -2.34. The van der Waals surface area contributed by atoms with E-state index in [1.54, 1.807) is 16.5 Å². The van der Waals surface area contributed by atoms with E-state index in [0.29, 0.717) is 57.6 Å². The van der Waals surface area contributed by atoms with E-state index in [-0.39, 0.29) is 56.1 Å². The largest absolute Gasteiger partial charge is 0.371 e. The van der Waals surface area contributed by atoms with Gasteiger partial charge in [0.05, 0.1) is 12.9 Å². The number of imidazole rings is 2. The van der Waals surface area contributed by atoms with Crippen LogP contribution in [0.1, 0.15) is 165 Å². The summed E-state index contributed by atoms with van der Waals surface area (Å²) in [4.78, 5) is 330. The fourth-order valence-corrected chi connectivity index (χ4v) is 31.4. The molecule has 0 saturated heterocycles. The Kier molecular flexibility index (Phi) is 61.8. The molecule has 4 heterocycles. The van der Waals surface area contributed by atoms with Crippen LogP contribution in [-0.4, -0.2) is 343 Å². The first kappa shape index (κ1) is 153. The van der Waals surface area contributed by atoms with Crippen LogP contribution in [0, 0.1) is 5.92 Å². The predicted molar refractivity (Wildman–Crippen MR) is 506 cm³/mol. The highest BCUT2D eigenvalue weighted by molar-refractivity contribution is 7.76. The van der Waals surface area contributed by atoms with Crippen LogP contribution in [-0.2, 0) is 115 Å². The number of aliphatic hydroxyl groups is 9. The van der Waals surface area contributed by atoms with Crippen LogP contribution in [0.4, 0.5) is 0 Å². The first-order valence-electron chi connectivity index (χ1n) is 40.9. The summed E-state index contributed by atoms with van der Waals surface area (Å²) < 4.78 is 200. The second kappa shape index (κ2) is 59.4. The highest BCUT2D eigenvalue weighted by Gasteiger charge is 2.67. The molecule has 3 aromatic rings. The molecule has 3 aromatic heterocycles. The average Bonchev–Trinajstić information content (AvgIpc) is 1.73. The monoisotopic (exact) mass is 2510 g/mol. The lowest BCUT2D eigenvalue weighted by molar-refractivity contribution is 0.103. The highest BCUT2D eigenvalue weighted by atomic mass is 31.3. The van der Waals surface area contributed by atoms with E-state index >= 15 is 0 Å². The molecule has 73 nitrogen and oxygen atoms in total. The quantitative estimate of drug-likeness (QED) is 0.0144. The van der Waals surface area contributed by atoms with Crippen LogP contribution >= 0.6 is 137 Å². The molecule has 0 unspecified atom stereocenters. The number of pyridine rings is 1. The van der Waals surface area contributed by atoms with Crippen molar-refractivity contribution < 1.29 is 304 Å². The molecule has 0 radical (unpaired) electrons. The lowest BCUT2D eigenvalue weighted by atomic mass is 9.97. The molecule has 147 heavy (non-hydrogen) atoms. The van der Waals surface area contributed by atoms with E-state index in [4.69, 9.17) is 204 Å². The molecule has 53 N–H and O–H groups in total. The number of unbranched alkanes of at least 4 members (excludes halogenated alkanes) is 4. The molecule has 0 spiro atoms. The maximum Gasteiger partial charge on any atom is 0.371 e. The highest BCUT2D eigenvalue weighted by Crippen LogP contribution is 2.76. The molecule has 876 valence electrons. The molecule has 1 aliphatic heterocycles. The van der Waals surface area contributed by atoms with Gasteiger partial charge in [0.15, 0.2) is 0 Å². The van der Waals surface area contributed by atoms with E-state index in [1.807, 2.05) is 6.92 Å². The number of fused-ring (bicyclic) bond motifs is 1. The van der Waals surface area contributed by atoms with Crippen molar-refractivity contribution in [2.75, 3.05) is 46.3 Å². The maximum absolute atomic E-state index is 11.3. The summed E-state index contributed by atoms with van der Waals surface area (Å²) in [5.74, 6) is 0.419. The molecule has 2 aliphatic rings. The van der Waals surface area contributed by atoms with Gasteiger partial charge in [0, 0.05) is 101 Å². The number of hydrogen-bond donors (Lipinski definition) is 49. The molecule has 0 aromatic carbocycles. The Balaban J connectivity index is -0.000000785. The van der Waals surface area contributed by atoms with Crippen molar-refractivity contribution in [2.45, 2.75) is 226 Å². The van der Waals surface area contributed by atoms with Crippen molar-refractivity contribution in [1.29, 1.82) is 0 Å². The number of hydrogen-bond acceptors (Lipinski definition) is 35. The standard InChI is InChI=1S/C9H16N2O7P2.C9H23NO7P2.C9H20O7P2.C7H11NO7P2.C6H17NO7P2.C5H10N2O7P2.2C4H13NO7P2.C3H11NO7P2/c12-9(19(13,14)15,20(16,17)18)5-7-6-10-8-3-1-2-4-11(7)8;1-3-4-5-7-10(2)8-6-9(11,18(12,13)14)19(15,16)17;10-9(17(11,12)13,18(14,15)16)7-8-5-3-1-2-4-6-8;9-7(16(10,11)12,17(13,14)15)4-6-2-1-3-8-5-6;7-5-3-1-2-4-6(8,15(9,10)11)16(12,13)14;8-5(15(9,10)11,16(12,13)14)3-7-2-1-6-4-7;2*5-3-1-2-4(6,13(7,8)9)14(10,11)12;4-2-1-3(5,12(6,7)8)13(9,10)11/h6,12H,1-5H2,(H2,13,14,15)(H2,16,17,18);11H,3-8H2,1-2H3,(H2,12,13,14)(H2,15,16,17);8,10H,1-7H2,(H2,11,12,13)(H2,14,15,16);1-3,5,9H,4H2,(H2,10,11,12)(H2,13,14,15);8H,1-5,7H2,(H2,9,10,11)(H2,12,13,14);1-2,4,8H,3H2,(H2,9,10,11)(H2,12,13,14);2*6H,1-3,5H2,(H2,7,8,9)(H2,10,11,12);5H,1-2,4H2,(H2,6,7,8)(H2,9,10,11). The molecule has 1 aliphatic carbocycles. The van der Waals surface area contributed by atoms with Gasteiger partial charge in [-0.1, -0.05) is 70.8 Å². The van der Waals surface area contributed by atoms with Crippen molar-refractivity contribution in [3.05, 3.63) is 66.5 Å². The van der Waals surface area contributed by atoms with Gasteiger partial charge in [-0.3, -0.25) is 87.2 Å². The SMILES string of the molecule is CCCCCN(C)CCC(O)(P(=O)(O)O)P(=O)(O)O.NCCC(O)(P(=O)(O)O)P(=O)(O)O.NCCCC(O)(P(=O)(O)O)P(=O)(O)O.NCCCC(O)(P(=O)(O)O)P(=O)(O)O.NCCCCCC(O)(P(=O)(O)O)P(=O)(O)O.O=P(O)(O)C(O)(CC1CCCCCC1)P(=O)(O)O.O=P(O)(O)C(O)(Cc1cccnc1)P(=O)(O)O.O=P(O)(O)C(O)(Cc1cnc2n1CCCC2)P(=O)(O)O.O=P(O)(O)C(O)(Cn1ccnc1)P(=O)(O)O. The van der Waals surface area contributed by atoms with Gasteiger partial charge >= 0.3 is 137 Å². The first-order chi connectivity index (χ1) is 65.0. The number of rotatable bonds is 46. The van der Waals surface area contributed by atoms with Gasteiger partial charge in [-0.2, -0.15) is 0 Å². The summed E-state index contributed by atoms with van der Waals surface area (Å²) in [6, 6.07) is 2.75. The molecular formula is C56H134N10O63P18. The molecule has 1 fully saturated rings. The minimum atomic E-state index is -5.43. The number of nitrogens with zero attached hydrogens (tertiary/aromatic N) is 6. The summed E-state index contributed by atoms with van der Waals surface area (Å²) in [6.45, 7) is 2.06. The fraction of sp³-hybridized carbons (Fsp3) is 0.804. The van der Waals surface area contributed by atoms with Gasteiger partial charge in [-0.15, -0.1) is 0 Å². The predicted octanol–water partition coefficient (Wildman–Crippen LogP) is -4.58. The Hall–Kier alpha value is -0.290. The Morgan fingerprint density at radius 3 is 0.952 bits per heavy atom. The molecular weight excluding hydrogens is 2380 g/mol. The van der Waals surface area contributed by atoms with E-state index < -0.39 is 247 Å². The zero-order chi connectivity index (χ0) is 118. The van der Waals surface area contributed by atoms with Gasteiger partial charge in [0.1, 0.15) is 5.82 Å².